The monoisotopic (exact) mass is 417 g/mol. The van der Waals surface area contributed by atoms with Crippen LogP contribution in [-0.4, -0.2) is 23.3 Å². The fourth-order valence-electron chi connectivity index (χ4n) is 3.94. The van der Waals surface area contributed by atoms with Crippen LogP contribution in [0, 0.1) is 25.2 Å². The number of nitrogens with zero attached hydrogens (tertiary/aromatic N) is 3. The second kappa shape index (κ2) is 7.08. The van der Waals surface area contributed by atoms with Gasteiger partial charge in [0.1, 0.15) is 5.75 Å². The number of aryl methyl sites for hydroxylation is 2. The van der Waals surface area contributed by atoms with Crippen molar-refractivity contribution in [3.05, 3.63) is 52.5 Å². The van der Waals surface area contributed by atoms with Gasteiger partial charge < -0.3 is 14.2 Å². The molecule has 150 valence electrons. The molecule has 2 aromatic carbocycles. The third-order valence-electron chi connectivity index (χ3n) is 5.30. The highest BCUT2D eigenvalue weighted by Gasteiger charge is 2.23. The average molecular weight is 417 g/mol. The minimum Gasteiger partial charge on any atom is -0.496 e. The van der Waals surface area contributed by atoms with Gasteiger partial charge in [-0.3, -0.25) is 4.40 Å². The van der Waals surface area contributed by atoms with Crippen LogP contribution in [0.4, 0.5) is 0 Å². The number of rotatable bonds is 4. The first-order valence-electron chi connectivity index (χ1n) is 9.53. The van der Waals surface area contributed by atoms with E-state index >= 15 is 0 Å². The molecule has 2 aromatic heterocycles. The summed E-state index contributed by atoms with van der Waals surface area (Å²) in [7, 11) is 1.66. The van der Waals surface area contributed by atoms with Gasteiger partial charge in [-0.2, -0.15) is 5.26 Å². The Morgan fingerprint density at radius 1 is 1.13 bits per heavy atom. The number of benzene rings is 2. The fraction of sp³-hybridized carbons (Fsp3) is 0.217. The first kappa shape index (κ1) is 18.5. The van der Waals surface area contributed by atoms with Crippen molar-refractivity contribution in [3.8, 4) is 45.8 Å². The molecule has 0 amide bonds. The lowest BCUT2D eigenvalue weighted by atomic mass is 10.0. The topological polar surface area (TPSA) is 68.8 Å². The lowest BCUT2D eigenvalue weighted by Gasteiger charge is -2.09. The van der Waals surface area contributed by atoms with Gasteiger partial charge >= 0.3 is 0 Å². The highest BCUT2D eigenvalue weighted by molar-refractivity contribution is 7.17. The van der Waals surface area contributed by atoms with Crippen LogP contribution in [0.5, 0.6) is 17.2 Å². The van der Waals surface area contributed by atoms with Gasteiger partial charge in [0.05, 0.1) is 36.7 Å². The van der Waals surface area contributed by atoms with Crippen LogP contribution in [0.2, 0.25) is 0 Å². The maximum Gasteiger partial charge on any atom is 0.231 e. The molecule has 0 bridgehead atoms. The highest BCUT2D eigenvalue weighted by Crippen LogP contribution is 2.41. The number of imidazole rings is 1. The van der Waals surface area contributed by atoms with E-state index in [0.717, 1.165) is 60.9 Å². The Kier molecular flexibility index (Phi) is 4.37. The quantitative estimate of drug-likeness (QED) is 0.459. The number of nitriles is 1. The Morgan fingerprint density at radius 3 is 2.70 bits per heavy atom. The van der Waals surface area contributed by atoms with Gasteiger partial charge in [0.25, 0.3) is 0 Å². The van der Waals surface area contributed by atoms with Crippen LogP contribution in [0.3, 0.4) is 0 Å². The molecule has 6 nitrogen and oxygen atoms in total. The molecule has 0 radical (unpaired) electrons. The molecule has 0 N–H and O–H groups in total. The minimum atomic E-state index is 0.239. The number of hydrogen-bond donors (Lipinski definition) is 0. The van der Waals surface area contributed by atoms with Crippen molar-refractivity contribution in [1.29, 1.82) is 5.26 Å². The van der Waals surface area contributed by atoms with Crippen molar-refractivity contribution in [3.63, 3.8) is 0 Å². The summed E-state index contributed by atoms with van der Waals surface area (Å²) in [5, 5.41) is 9.56. The second-order valence-electron chi connectivity index (χ2n) is 7.12. The van der Waals surface area contributed by atoms with Gasteiger partial charge in [-0.15, -0.1) is 11.3 Å². The average Bonchev–Trinajstić information content (AvgIpc) is 3.42. The fourth-order valence-corrected chi connectivity index (χ4v) is 4.95. The van der Waals surface area contributed by atoms with Crippen molar-refractivity contribution in [1.82, 2.24) is 9.38 Å². The third kappa shape index (κ3) is 2.80. The van der Waals surface area contributed by atoms with E-state index in [0.29, 0.717) is 0 Å². The van der Waals surface area contributed by atoms with Crippen LogP contribution in [0.25, 0.3) is 27.5 Å². The van der Waals surface area contributed by atoms with E-state index in [1.807, 2.05) is 37.3 Å². The molecular formula is C23H19N3O3S. The number of fused-ring (bicyclic) bond motifs is 2. The summed E-state index contributed by atoms with van der Waals surface area (Å²) < 4.78 is 18.5. The number of hydrogen-bond acceptors (Lipinski definition) is 6. The molecule has 0 saturated carbocycles. The molecule has 0 atom stereocenters. The molecule has 1 aliphatic rings. The summed E-state index contributed by atoms with van der Waals surface area (Å²) in [5.74, 6) is 2.32. The number of thiazole rings is 1. The zero-order valence-corrected chi connectivity index (χ0v) is 17.7. The summed E-state index contributed by atoms with van der Waals surface area (Å²) >= 11 is 1.62. The molecule has 0 fully saturated rings. The summed E-state index contributed by atoms with van der Waals surface area (Å²) in [6.45, 7) is 4.32. The van der Waals surface area contributed by atoms with Gasteiger partial charge in [0.2, 0.25) is 6.79 Å². The van der Waals surface area contributed by atoms with Gasteiger partial charge in [0.15, 0.2) is 16.5 Å². The van der Waals surface area contributed by atoms with Crippen molar-refractivity contribution in [2.24, 2.45) is 0 Å². The first-order valence-corrected chi connectivity index (χ1v) is 10.3. The molecule has 0 aliphatic carbocycles. The Labute approximate surface area is 177 Å². The van der Waals surface area contributed by atoms with Crippen molar-refractivity contribution in [2.45, 2.75) is 20.3 Å². The Hall–Kier alpha value is -3.50. The van der Waals surface area contributed by atoms with Gasteiger partial charge in [-0.1, -0.05) is 0 Å². The molecule has 7 heteroatoms. The van der Waals surface area contributed by atoms with Crippen molar-refractivity contribution < 1.29 is 14.2 Å². The standard InChI is InChI=1S/C23H19N3O3S/c1-13-10-15(4-6-18(13)27-3)21-17(8-9-24)26-22(14(2)30-23(26)25-21)16-5-7-19-20(11-16)29-12-28-19/h4-7,10-11H,8,12H2,1-3H3. The van der Waals surface area contributed by atoms with E-state index in [-0.39, 0.29) is 13.2 Å². The maximum atomic E-state index is 9.56. The molecule has 3 heterocycles. The normalized spacial score (nSPS) is 12.3. The molecule has 0 saturated heterocycles. The molecular weight excluding hydrogens is 398 g/mol. The lowest BCUT2D eigenvalue weighted by molar-refractivity contribution is 0.174. The first-order chi connectivity index (χ1) is 14.6. The molecule has 5 rings (SSSR count). The van der Waals surface area contributed by atoms with Crippen LogP contribution in [-0.2, 0) is 6.42 Å². The largest absolute Gasteiger partial charge is 0.496 e. The van der Waals surface area contributed by atoms with Gasteiger partial charge in [-0.05, 0) is 55.8 Å². The number of ether oxygens (including phenoxy) is 3. The second-order valence-corrected chi connectivity index (χ2v) is 8.30. The summed E-state index contributed by atoms with van der Waals surface area (Å²) in [4.78, 5) is 6.91. The summed E-state index contributed by atoms with van der Waals surface area (Å²) in [6, 6.07) is 14.2. The Bertz CT molecular complexity index is 1330. The Morgan fingerprint density at radius 2 is 1.93 bits per heavy atom. The maximum absolute atomic E-state index is 9.56. The summed E-state index contributed by atoms with van der Waals surface area (Å²) in [6.07, 6.45) is 0.259. The van der Waals surface area contributed by atoms with Crippen LogP contribution < -0.4 is 14.2 Å². The highest BCUT2D eigenvalue weighted by atomic mass is 32.1. The summed E-state index contributed by atoms with van der Waals surface area (Å²) in [5.41, 5.74) is 5.76. The zero-order valence-electron chi connectivity index (χ0n) is 16.9. The Balaban J connectivity index is 1.73. The third-order valence-corrected chi connectivity index (χ3v) is 6.26. The lowest BCUT2D eigenvalue weighted by Crippen LogP contribution is -1.97. The molecule has 0 spiro atoms. The molecule has 1 aliphatic heterocycles. The van der Waals surface area contributed by atoms with E-state index in [2.05, 4.69) is 23.5 Å². The number of aromatic nitrogens is 2. The van der Waals surface area contributed by atoms with E-state index in [1.54, 1.807) is 18.4 Å². The van der Waals surface area contributed by atoms with Crippen LogP contribution in [0.1, 0.15) is 16.1 Å². The molecule has 4 aromatic rings. The minimum absolute atomic E-state index is 0.239. The number of methoxy groups -OCH3 is 1. The van der Waals surface area contributed by atoms with E-state index < -0.39 is 0 Å². The van der Waals surface area contributed by atoms with Crippen molar-refractivity contribution >= 4 is 16.3 Å². The van der Waals surface area contributed by atoms with Gasteiger partial charge in [-0.25, -0.2) is 4.98 Å². The van der Waals surface area contributed by atoms with Gasteiger partial charge in [0, 0.05) is 16.0 Å². The zero-order chi connectivity index (χ0) is 20.8. The molecule has 0 unspecified atom stereocenters. The van der Waals surface area contributed by atoms with E-state index in [4.69, 9.17) is 19.2 Å². The smallest absolute Gasteiger partial charge is 0.231 e. The SMILES string of the molecule is COc1ccc(-c2nc3sc(C)c(-c4ccc5c(c4)OCO5)n3c2CC#N)cc1C. The van der Waals surface area contributed by atoms with Crippen LogP contribution in [0.15, 0.2) is 36.4 Å². The molecule has 30 heavy (non-hydrogen) atoms. The van der Waals surface area contributed by atoms with Crippen molar-refractivity contribution in [2.75, 3.05) is 13.9 Å². The predicted molar refractivity (Wildman–Crippen MR) is 115 cm³/mol. The van der Waals surface area contributed by atoms with E-state index in [9.17, 15) is 5.26 Å². The predicted octanol–water partition coefficient (Wildman–Crippen LogP) is 5.15. The van der Waals surface area contributed by atoms with E-state index in [1.165, 1.54) is 0 Å². The van der Waals surface area contributed by atoms with Crippen LogP contribution >= 0.6 is 11.3 Å².